The van der Waals surface area contributed by atoms with Crippen molar-refractivity contribution in [3.8, 4) is 11.5 Å². The Morgan fingerprint density at radius 3 is 2.83 bits per heavy atom. The van der Waals surface area contributed by atoms with Gasteiger partial charge in [-0.3, -0.25) is 4.79 Å². The molecule has 1 aliphatic carbocycles. The van der Waals surface area contributed by atoms with E-state index in [0.29, 0.717) is 23.1 Å². The number of rotatable bonds is 9. The number of nitrogens with zero attached hydrogens (tertiary/aromatic N) is 4. The predicted molar refractivity (Wildman–Crippen MR) is 111 cm³/mol. The summed E-state index contributed by atoms with van der Waals surface area (Å²) in [6.07, 6.45) is 7.96. The number of ether oxygens (including phenoxy) is 1. The number of aliphatic carboxylic acids is 1. The number of hydrogen-bond donors (Lipinski definition) is 2. The molecule has 8 nitrogen and oxygen atoms in total. The highest BCUT2D eigenvalue weighted by molar-refractivity contribution is 7.99. The third-order valence-corrected chi connectivity index (χ3v) is 5.62. The van der Waals surface area contributed by atoms with Crippen molar-refractivity contribution >= 4 is 23.9 Å². The van der Waals surface area contributed by atoms with Crippen molar-refractivity contribution in [2.24, 2.45) is 5.10 Å². The Balaban J connectivity index is 1.85. The maximum absolute atomic E-state index is 11.0. The molecule has 0 aliphatic heterocycles. The predicted octanol–water partition coefficient (Wildman–Crippen LogP) is 3.88. The van der Waals surface area contributed by atoms with Gasteiger partial charge in [-0.05, 0) is 31.4 Å². The molecule has 29 heavy (non-hydrogen) atoms. The Morgan fingerprint density at radius 2 is 2.14 bits per heavy atom. The van der Waals surface area contributed by atoms with Crippen molar-refractivity contribution in [3.63, 3.8) is 0 Å². The summed E-state index contributed by atoms with van der Waals surface area (Å²) >= 11 is 1.08. The second-order valence-electron chi connectivity index (χ2n) is 6.98. The second-order valence-corrected chi connectivity index (χ2v) is 7.93. The lowest BCUT2D eigenvalue weighted by atomic mass is 9.89. The number of phenols is 1. The maximum Gasteiger partial charge on any atom is 0.313 e. The zero-order valence-electron chi connectivity index (χ0n) is 16.5. The monoisotopic (exact) mass is 418 g/mol. The molecule has 0 radical (unpaired) electrons. The third kappa shape index (κ3) is 5.72. The van der Waals surface area contributed by atoms with Gasteiger partial charge < -0.3 is 14.9 Å². The third-order valence-electron chi connectivity index (χ3n) is 4.72. The van der Waals surface area contributed by atoms with Crippen molar-refractivity contribution in [3.05, 3.63) is 29.6 Å². The van der Waals surface area contributed by atoms with Gasteiger partial charge in [-0.1, -0.05) is 37.9 Å². The molecule has 1 fully saturated rings. The molecular weight excluding hydrogens is 392 g/mol. The van der Waals surface area contributed by atoms with Gasteiger partial charge in [-0.2, -0.15) is 9.78 Å². The van der Waals surface area contributed by atoms with E-state index in [1.807, 2.05) is 6.92 Å². The topological polar surface area (TPSA) is 110 Å². The van der Waals surface area contributed by atoms with Crippen LogP contribution in [0, 0.1) is 0 Å². The van der Waals surface area contributed by atoms with Crippen molar-refractivity contribution in [2.75, 3.05) is 12.4 Å². The van der Waals surface area contributed by atoms with E-state index >= 15 is 0 Å². The van der Waals surface area contributed by atoms with Gasteiger partial charge in [0.15, 0.2) is 5.82 Å². The number of aromatic hydroxyl groups is 1. The van der Waals surface area contributed by atoms with Gasteiger partial charge in [0.2, 0.25) is 5.16 Å². The fraction of sp³-hybridized carbons (Fsp3) is 0.500. The van der Waals surface area contributed by atoms with Gasteiger partial charge in [-0.25, -0.2) is 0 Å². The van der Waals surface area contributed by atoms with Crippen LogP contribution in [0.4, 0.5) is 0 Å². The molecule has 1 heterocycles. The van der Waals surface area contributed by atoms with Crippen molar-refractivity contribution in [1.82, 2.24) is 14.9 Å². The molecule has 0 bridgehead atoms. The Bertz CT molecular complexity index is 862. The summed E-state index contributed by atoms with van der Waals surface area (Å²) in [5, 5.41) is 32.7. The Kier molecular flexibility index (Phi) is 7.51. The van der Waals surface area contributed by atoms with E-state index < -0.39 is 5.97 Å². The second kappa shape index (κ2) is 10.3. The summed E-state index contributed by atoms with van der Waals surface area (Å²) in [7, 11) is 0. The maximum atomic E-state index is 11.0. The van der Waals surface area contributed by atoms with Crippen LogP contribution in [-0.4, -0.2) is 49.6 Å². The first kappa shape index (κ1) is 21.2. The molecule has 1 aliphatic rings. The first-order valence-corrected chi connectivity index (χ1v) is 10.9. The van der Waals surface area contributed by atoms with E-state index in [-0.39, 0.29) is 17.4 Å². The summed E-state index contributed by atoms with van der Waals surface area (Å²) in [6.45, 7) is 2.60. The smallest absolute Gasteiger partial charge is 0.313 e. The fourth-order valence-corrected chi connectivity index (χ4v) is 3.89. The molecule has 0 amide bonds. The molecule has 0 atom stereocenters. The Hall–Kier alpha value is -2.55. The van der Waals surface area contributed by atoms with Gasteiger partial charge in [0.25, 0.3) is 0 Å². The van der Waals surface area contributed by atoms with Gasteiger partial charge >= 0.3 is 5.97 Å². The molecule has 156 valence electrons. The zero-order valence-corrected chi connectivity index (χ0v) is 17.3. The lowest BCUT2D eigenvalue weighted by Gasteiger charge is -2.20. The summed E-state index contributed by atoms with van der Waals surface area (Å²) in [4.78, 5) is 11.0. The molecule has 1 aromatic carbocycles. The zero-order chi connectivity index (χ0) is 20.6. The Labute approximate surface area is 174 Å². The summed E-state index contributed by atoms with van der Waals surface area (Å²) in [6, 6.07) is 5.08. The molecule has 0 spiro atoms. The van der Waals surface area contributed by atoms with Crippen LogP contribution < -0.4 is 4.74 Å². The van der Waals surface area contributed by atoms with E-state index in [1.165, 1.54) is 6.42 Å². The number of hydrogen-bond acceptors (Lipinski definition) is 7. The van der Waals surface area contributed by atoms with Crippen LogP contribution in [0.25, 0.3) is 0 Å². The lowest BCUT2D eigenvalue weighted by molar-refractivity contribution is -0.133. The summed E-state index contributed by atoms with van der Waals surface area (Å²) in [5.41, 5.74) is 0.534. The van der Waals surface area contributed by atoms with Crippen molar-refractivity contribution < 1.29 is 19.7 Å². The fourth-order valence-electron chi connectivity index (χ4n) is 3.28. The molecule has 1 aromatic heterocycles. The number of carbonyl (C=O) groups is 1. The molecule has 2 aromatic rings. The number of aromatic nitrogens is 3. The highest BCUT2D eigenvalue weighted by atomic mass is 32.2. The van der Waals surface area contributed by atoms with Crippen LogP contribution in [0.5, 0.6) is 11.5 Å². The van der Waals surface area contributed by atoms with Crippen molar-refractivity contribution in [1.29, 1.82) is 0 Å². The summed E-state index contributed by atoms with van der Waals surface area (Å²) in [5.74, 6) is 0.628. The first-order valence-electron chi connectivity index (χ1n) is 9.88. The lowest BCUT2D eigenvalue weighted by Crippen LogP contribution is -2.11. The van der Waals surface area contributed by atoms with E-state index in [2.05, 4.69) is 15.3 Å². The number of thioether (sulfide) groups is 1. The molecule has 1 saturated carbocycles. The quantitative estimate of drug-likeness (QED) is 0.470. The highest BCUT2D eigenvalue weighted by Crippen LogP contribution is 2.33. The minimum absolute atomic E-state index is 0.0642. The number of benzene rings is 1. The van der Waals surface area contributed by atoms with Crippen LogP contribution in [0.3, 0.4) is 0 Å². The van der Waals surface area contributed by atoms with E-state index in [9.17, 15) is 9.90 Å². The SMILES string of the molecule is CCCOc1ccc(/C=N/n2c(SCC(=O)O)nnc2C2CCCCC2)c(O)c1. The van der Waals surface area contributed by atoms with E-state index in [4.69, 9.17) is 9.84 Å². The molecule has 0 saturated heterocycles. The van der Waals surface area contributed by atoms with Crippen LogP contribution in [0.1, 0.15) is 62.8 Å². The minimum atomic E-state index is -0.923. The number of phenolic OH excluding ortho intramolecular Hbond substituents is 1. The van der Waals surface area contributed by atoms with E-state index in [1.54, 1.807) is 29.1 Å². The largest absolute Gasteiger partial charge is 0.507 e. The number of carboxylic acids is 1. The molecule has 9 heteroatoms. The van der Waals surface area contributed by atoms with Gasteiger partial charge in [0.05, 0.1) is 18.6 Å². The van der Waals surface area contributed by atoms with Gasteiger partial charge in [0, 0.05) is 17.5 Å². The average Bonchev–Trinajstić information content (AvgIpc) is 3.13. The first-order chi connectivity index (χ1) is 14.1. The molecule has 0 unspecified atom stereocenters. The van der Waals surface area contributed by atoms with Crippen LogP contribution >= 0.6 is 11.8 Å². The van der Waals surface area contributed by atoms with Gasteiger partial charge in [0.1, 0.15) is 11.5 Å². The van der Waals surface area contributed by atoms with Crippen LogP contribution in [0.2, 0.25) is 0 Å². The molecule has 3 rings (SSSR count). The van der Waals surface area contributed by atoms with E-state index in [0.717, 1.165) is 49.7 Å². The normalized spacial score (nSPS) is 15.1. The highest BCUT2D eigenvalue weighted by Gasteiger charge is 2.24. The minimum Gasteiger partial charge on any atom is -0.507 e. The van der Waals surface area contributed by atoms with Gasteiger partial charge in [-0.15, -0.1) is 10.2 Å². The average molecular weight is 419 g/mol. The molecular formula is C20H26N4O4S. The van der Waals surface area contributed by atoms with Crippen LogP contribution in [-0.2, 0) is 4.79 Å². The number of carboxylic acid groups (broad SMARTS) is 1. The standard InChI is InChI=1S/C20H26N4O4S/c1-2-10-28-16-9-8-15(17(25)11-16)12-21-24-19(14-6-4-3-5-7-14)22-23-20(24)29-13-18(26)27/h8-9,11-12,14,25H,2-7,10,13H2,1H3,(H,26,27)/b21-12+. The summed E-state index contributed by atoms with van der Waals surface area (Å²) < 4.78 is 7.14. The van der Waals surface area contributed by atoms with Crippen LogP contribution in [0.15, 0.2) is 28.5 Å². The Morgan fingerprint density at radius 1 is 1.34 bits per heavy atom. The van der Waals surface area contributed by atoms with Crippen molar-refractivity contribution in [2.45, 2.75) is 56.5 Å². The molecule has 2 N–H and O–H groups in total.